The minimum Gasteiger partial charge on any atom is -0.355 e. The molecule has 26 heavy (non-hydrogen) atoms. The van der Waals surface area contributed by atoms with Crippen LogP contribution in [0.2, 0.25) is 5.02 Å². The molecule has 0 spiro atoms. The third kappa shape index (κ3) is 5.13. The molecule has 0 saturated carbocycles. The first-order valence-corrected chi connectivity index (χ1v) is 9.66. The second kappa shape index (κ2) is 8.92. The Bertz CT molecular complexity index is 833. The minimum atomic E-state index is -0.154. The van der Waals surface area contributed by atoms with E-state index in [2.05, 4.69) is 22.5 Å². The fraction of sp³-hybridized carbons (Fsp3) is 0.200. The van der Waals surface area contributed by atoms with Gasteiger partial charge < -0.3 is 5.32 Å². The Morgan fingerprint density at radius 3 is 2.58 bits per heavy atom. The lowest BCUT2D eigenvalue weighted by Gasteiger charge is -2.12. The third-order valence-electron chi connectivity index (χ3n) is 3.91. The van der Waals surface area contributed by atoms with E-state index in [4.69, 9.17) is 11.6 Å². The van der Waals surface area contributed by atoms with E-state index in [1.54, 1.807) is 6.20 Å². The van der Waals surface area contributed by atoms with Crippen molar-refractivity contribution in [3.8, 4) is 5.69 Å². The van der Waals surface area contributed by atoms with Crippen LogP contribution in [0, 0.1) is 0 Å². The van der Waals surface area contributed by atoms with Gasteiger partial charge in [-0.3, -0.25) is 4.79 Å². The Hall–Kier alpha value is -2.24. The minimum absolute atomic E-state index is 0.0399. The zero-order chi connectivity index (χ0) is 18.4. The van der Waals surface area contributed by atoms with Crippen LogP contribution in [0.25, 0.3) is 5.69 Å². The number of benzene rings is 2. The van der Waals surface area contributed by atoms with Crippen LogP contribution in [-0.2, 0) is 11.2 Å². The van der Waals surface area contributed by atoms with E-state index in [9.17, 15) is 4.79 Å². The van der Waals surface area contributed by atoms with Crippen molar-refractivity contribution in [2.75, 3.05) is 6.54 Å². The van der Waals surface area contributed by atoms with Gasteiger partial charge in [-0.1, -0.05) is 23.7 Å². The summed E-state index contributed by atoms with van der Waals surface area (Å²) in [5, 5.41) is 7.76. The maximum absolute atomic E-state index is 12.2. The van der Waals surface area contributed by atoms with Gasteiger partial charge in [0.25, 0.3) is 0 Å². The fourth-order valence-corrected chi connectivity index (χ4v) is 3.50. The van der Waals surface area contributed by atoms with Crippen molar-refractivity contribution >= 4 is 29.3 Å². The van der Waals surface area contributed by atoms with E-state index in [0.717, 1.165) is 17.0 Å². The van der Waals surface area contributed by atoms with Crippen LogP contribution >= 0.6 is 23.4 Å². The van der Waals surface area contributed by atoms with Crippen molar-refractivity contribution < 1.29 is 4.79 Å². The van der Waals surface area contributed by atoms with E-state index >= 15 is 0 Å². The summed E-state index contributed by atoms with van der Waals surface area (Å²) in [4.78, 5) is 13.3. The van der Waals surface area contributed by atoms with Crippen LogP contribution < -0.4 is 5.32 Å². The number of nitrogens with one attached hydrogen (secondary N) is 1. The highest BCUT2D eigenvalue weighted by Crippen LogP contribution is 2.24. The summed E-state index contributed by atoms with van der Waals surface area (Å²) in [6.07, 6.45) is 4.46. The highest BCUT2D eigenvalue weighted by atomic mass is 35.5. The Morgan fingerprint density at radius 1 is 1.19 bits per heavy atom. The lowest BCUT2D eigenvalue weighted by atomic mass is 10.1. The molecule has 0 saturated heterocycles. The standard InChI is InChI=1S/C20H20ClN3OS/c1-15(26-19-9-5-17(21)6-10-19)20(25)22-13-11-16-3-7-18(8-4-16)24-14-2-12-23-24/h2-10,12,14-15H,11,13H2,1H3,(H,22,25)/t15-/m1/s1. The van der Waals surface area contributed by atoms with Crippen molar-refractivity contribution in [3.63, 3.8) is 0 Å². The van der Waals surface area contributed by atoms with E-state index in [-0.39, 0.29) is 11.2 Å². The number of carbonyl (C=O) groups excluding carboxylic acids is 1. The number of thioether (sulfide) groups is 1. The van der Waals surface area contributed by atoms with Gasteiger partial charge in [0.1, 0.15) is 0 Å². The Morgan fingerprint density at radius 2 is 1.92 bits per heavy atom. The molecule has 0 bridgehead atoms. The number of amides is 1. The van der Waals surface area contributed by atoms with E-state index in [1.807, 2.05) is 60.3 Å². The van der Waals surface area contributed by atoms with E-state index in [1.165, 1.54) is 17.3 Å². The predicted molar refractivity (Wildman–Crippen MR) is 107 cm³/mol. The molecule has 6 heteroatoms. The number of halogens is 1. The smallest absolute Gasteiger partial charge is 0.233 e. The van der Waals surface area contributed by atoms with Gasteiger partial charge >= 0.3 is 0 Å². The average Bonchev–Trinajstić information content (AvgIpc) is 3.19. The molecule has 3 aromatic rings. The van der Waals surface area contributed by atoms with Crippen LogP contribution in [0.4, 0.5) is 0 Å². The summed E-state index contributed by atoms with van der Waals surface area (Å²) in [5.74, 6) is 0.0399. The second-order valence-electron chi connectivity index (χ2n) is 5.87. The first-order valence-electron chi connectivity index (χ1n) is 8.41. The number of hydrogen-bond acceptors (Lipinski definition) is 3. The summed E-state index contributed by atoms with van der Waals surface area (Å²) >= 11 is 7.41. The van der Waals surface area contributed by atoms with Crippen molar-refractivity contribution in [3.05, 3.63) is 77.6 Å². The van der Waals surface area contributed by atoms with Crippen molar-refractivity contribution in [1.29, 1.82) is 0 Å². The molecular weight excluding hydrogens is 366 g/mol. The molecule has 1 N–H and O–H groups in total. The summed E-state index contributed by atoms with van der Waals surface area (Å²) in [6, 6.07) is 17.6. The van der Waals surface area contributed by atoms with Gasteiger partial charge in [-0.25, -0.2) is 4.68 Å². The lowest BCUT2D eigenvalue weighted by molar-refractivity contribution is -0.120. The number of carbonyl (C=O) groups is 1. The fourth-order valence-electron chi connectivity index (χ4n) is 2.48. The van der Waals surface area contributed by atoms with E-state index in [0.29, 0.717) is 11.6 Å². The quantitative estimate of drug-likeness (QED) is 0.614. The maximum atomic E-state index is 12.2. The van der Waals surface area contributed by atoms with Crippen LogP contribution in [0.3, 0.4) is 0 Å². The number of hydrogen-bond donors (Lipinski definition) is 1. The zero-order valence-electron chi connectivity index (χ0n) is 14.4. The number of nitrogens with zero attached hydrogens (tertiary/aromatic N) is 2. The molecule has 0 fully saturated rings. The van der Waals surface area contributed by atoms with Crippen molar-refractivity contribution in [2.45, 2.75) is 23.5 Å². The molecule has 0 aliphatic carbocycles. The first-order chi connectivity index (χ1) is 12.6. The zero-order valence-corrected chi connectivity index (χ0v) is 16.0. The van der Waals surface area contributed by atoms with Gasteiger partial charge in [0.05, 0.1) is 10.9 Å². The molecular formula is C20H20ClN3OS. The molecule has 0 unspecified atom stereocenters. The molecule has 0 aliphatic heterocycles. The van der Waals surface area contributed by atoms with Crippen molar-refractivity contribution in [1.82, 2.24) is 15.1 Å². The lowest BCUT2D eigenvalue weighted by Crippen LogP contribution is -2.32. The Kier molecular flexibility index (Phi) is 6.36. The molecule has 134 valence electrons. The number of aromatic nitrogens is 2. The largest absolute Gasteiger partial charge is 0.355 e. The van der Waals surface area contributed by atoms with Crippen LogP contribution in [0.1, 0.15) is 12.5 Å². The van der Waals surface area contributed by atoms with Gasteiger partial charge in [-0.2, -0.15) is 5.10 Å². The van der Waals surface area contributed by atoms with Crippen LogP contribution in [0.15, 0.2) is 71.9 Å². The molecule has 3 rings (SSSR count). The highest BCUT2D eigenvalue weighted by molar-refractivity contribution is 8.00. The van der Waals surface area contributed by atoms with Gasteiger partial charge in [0.2, 0.25) is 5.91 Å². The number of rotatable bonds is 7. The maximum Gasteiger partial charge on any atom is 0.233 e. The highest BCUT2D eigenvalue weighted by Gasteiger charge is 2.13. The van der Waals surface area contributed by atoms with E-state index < -0.39 is 0 Å². The Balaban J connectivity index is 1.45. The molecule has 1 aromatic heterocycles. The molecule has 0 radical (unpaired) electrons. The summed E-state index contributed by atoms with van der Waals surface area (Å²) in [5.41, 5.74) is 2.20. The molecule has 0 aliphatic rings. The summed E-state index contributed by atoms with van der Waals surface area (Å²) < 4.78 is 1.82. The summed E-state index contributed by atoms with van der Waals surface area (Å²) in [7, 11) is 0. The van der Waals surface area contributed by atoms with Gasteiger partial charge in [0, 0.05) is 28.9 Å². The predicted octanol–water partition coefficient (Wildman–Crippen LogP) is 4.37. The van der Waals surface area contributed by atoms with Crippen molar-refractivity contribution in [2.24, 2.45) is 0 Å². The van der Waals surface area contributed by atoms with Gasteiger partial charge in [-0.05, 0) is 61.4 Å². The average molecular weight is 386 g/mol. The first kappa shape index (κ1) is 18.5. The summed E-state index contributed by atoms with van der Waals surface area (Å²) in [6.45, 7) is 2.53. The van der Waals surface area contributed by atoms with Gasteiger partial charge in [0.15, 0.2) is 0 Å². The normalized spacial score (nSPS) is 11.9. The second-order valence-corrected chi connectivity index (χ2v) is 7.72. The molecule has 2 aromatic carbocycles. The topological polar surface area (TPSA) is 46.9 Å². The Labute approximate surface area is 162 Å². The SMILES string of the molecule is C[C@@H](Sc1ccc(Cl)cc1)C(=O)NCCc1ccc(-n2cccn2)cc1. The third-order valence-corrected chi connectivity index (χ3v) is 5.28. The molecule has 1 atom stereocenters. The molecule has 1 amide bonds. The molecule has 1 heterocycles. The monoisotopic (exact) mass is 385 g/mol. The van der Waals surface area contributed by atoms with Crippen LogP contribution in [0.5, 0.6) is 0 Å². The van der Waals surface area contributed by atoms with Crippen LogP contribution in [-0.4, -0.2) is 27.5 Å². The van der Waals surface area contributed by atoms with Gasteiger partial charge in [-0.15, -0.1) is 11.8 Å². The molecule has 4 nitrogen and oxygen atoms in total.